The molecular weight excluding hydrogens is 397 g/mol. The summed E-state index contributed by atoms with van der Waals surface area (Å²) in [7, 11) is 0. The number of amides is 3. The highest BCUT2D eigenvalue weighted by atomic mass is 35.5. The van der Waals surface area contributed by atoms with Crippen molar-refractivity contribution in [3.63, 3.8) is 0 Å². The molecule has 2 saturated heterocycles. The molecule has 5 nitrogen and oxygen atoms in total. The van der Waals surface area contributed by atoms with E-state index in [-0.39, 0.29) is 18.5 Å². The third-order valence-electron chi connectivity index (χ3n) is 5.44. The molecular formula is C21H17Cl2N3O2. The number of nitrogens with zero attached hydrogens (tertiary/aromatic N) is 3. The van der Waals surface area contributed by atoms with Gasteiger partial charge in [-0.2, -0.15) is 5.26 Å². The Labute approximate surface area is 173 Å². The second kappa shape index (κ2) is 7.12. The lowest BCUT2D eigenvalue weighted by Crippen LogP contribution is -2.47. The van der Waals surface area contributed by atoms with Crippen LogP contribution in [0.3, 0.4) is 0 Å². The second-order valence-corrected chi connectivity index (χ2v) is 8.10. The smallest absolute Gasteiger partial charge is 0.309 e. The van der Waals surface area contributed by atoms with Crippen molar-refractivity contribution in [3.8, 4) is 6.07 Å². The predicted octanol–water partition coefficient (Wildman–Crippen LogP) is 4.40. The number of urea groups is 1. The Hall–Kier alpha value is -2.55. The van der Waals surface area contributed by atoms with Gasteiger partial charge in [0.05, 0.1) is 18.2 Å². The summed E-state index contributed by atoms with van der Waals surface area (Å²) in [6.07, 6.45) is 1.87. The van der Waals surface area contributed by atoms with Crippen molar-refractivity contribution < 1.29 is 9.59 Å². The van der Waals surface area contributed by atoms with Crippen LogP contribution in [0.1, 0.15) is 29.5 Å². The number of carbonyl (C=O) groups is 2. The van der Waals surface area contributed by atoms with Crippen molar-refractivity contribution in [1.29, 1.82) is 5.26 Å². The fourth-order valence-corrected chi connectivity index (χ4v) is 4.75. The molecule has 0 radical (unpaired) electrons. The van der Waals surface area contributed by atoms with Gasteiger partial charge in [0.25, 0.3) is 5.91 Å². The highest BCUT2D eigenvalue weighted by Crippen LogP contribution is 2.41. The van der Waals surface area contributed by atoms with Gasteiger partial charge in [-0.25, -0.2) is 4.79 Å². The number of fused-ring (bicyclic) bond motifs is 1. The van der Waals surface area contributed by atoms with Gasteiger partial charge in [-0.15, -0.1) is 0 Å². The summed E-state index contributed by atoms with van der Waals surface area (Å²) in [6, 6.07) is 14.0. The Balaban J connectivity index is 1.63. The number of nitriles is 1. The third-order valence-corrected chi connectivity index (χ3v) is 5.87. The normalized spacial score (nSPS) is 21.2. The first-order chi connectivity index (χ1) is 13.4. The number of rotatable bonds is 4. The molecule has 142 valence electrons. The molecule has 1 unspecified atom stereocenters. The molecule has 2 aliphatic rings. The van der Waals surface area contributed by atoms with Crippen LogP contribution in [-0.2, 0) is 17.8 Å². The monoisotopic (exact) mass is 413 g/mol. The van der Waals surface area contributed by atoms with Crippen LogP contribution in [-0.4, -0.2) is 33.8 Å². The Kier molecular flexibility index (Phi) is 4.78. The molecule has 2 fully saturated rings. The van der Waals surface area contributed by atoms with Crippen molar-refractivity contribution in [2.24, 2.45) is 0 Å². The van der Waals surface area contributed by atoms with Gasteiger partial charge in [-0.3, -0.25) is 9.69 Å². The topological polar surface area (TPSA) is 64.4 Å². The van der Waals surface area contributed by atoms with Crippen LogP contribution in [0.15, 0.2) is 42.5 Å². The van der Waals surface area contributed by atoms with E-state index in [9.17, 15) is 9.59 Å². The quantitative estimate of drug-likeness (QED) is 0.697. The second-order valence-electron chi connectivity index (χ2n) is 7.22. The van der Waals surface area contributed by atoms with Gasteiger partial charge in [-0.1, -0.05) is 35.3 Å². The van der Waals surface area contributed by atoms with E-state index < -0.39 is 5.54 Å². The molecule has 1 atom stereocenters. The first-order valence-corrected chi connectivity index (χ1v) is 9.76. The Bertz CT molecular complexity index is 979. The summed E-state index contributed by atoms with van der Waals surface area (Å²) in [4.78, 5) is 29.3. The molecule has 2 aliphatic heterocycles. The number of hydrogen-bond acceptors (Lipinski definition) is 3. The summed E-state index contributed by atoms with van der Waals surface area (Å²) in [6.45, 7) is 0.706. The van der Waals surface area contributed by atoms with Gasteiger partial charge in [0, 0.05) is 23.0 Å². The summed E-state index contributed by atoms with van der Waals surface area (Å²) in [5, 5.41) is 9.90. The van der Waals surface area contributed by atoms with E-state index in [1.54, 1.807) is 35.2 Å². The molecule has 4 rings (SSSR count). The van der Waals surface area contributed by atoms with Crippen molar-refractivity contribution in [1.82, 2.24) is 9.80 Å². The maximum Gasteiger partial charge on any atom is 0.327 e. The number of halogens is 2. The lowest BCUT2D eigenvalue weighted by Gasteiger charge is -2.28. The Morgan fingerprint density at radius 2 is 1.71 bits per heavy atom. The summed E-state index contributed by atoms with van der Waals surface area (Å²) in [5.41, 5.74) is 1.36. The van der Waals surface area contributed by atoms with Crippen LogP contribution in [0.4, 0.5) is 4.79 Å². The Morgan fingerprint density at radius 1 is 1.04 bits per heavy atom. The number of carbonyl (C=O) groups excluding carboxylic acids is 2. The van der Waals surface area contributed by atoms with E-state index >= 15 is 0 Å². The molecule has 0 aliphatic carbocycles. The summed E-state index contributed by atoms with van der Waals surface area (Å²) >= 11 is 12.1. The minimum atomic E-state index is -0.854. The zero-order valence-corrected chi connectivity index (χ0v) is 16.5. The first kappa shape index (κ1) is 18.8. The maximum absolute atomic E-state index is 13.4. The van der Waals surface area contributed by atoms with Crippen molar-refractivity contribution in [2.75, 3.05) is 6.54 Å². The maximum atomic E-state index is 13.4. The van der Waals surface area contributed by atoms with Crippen LogP contribution in [0.25, 0.3) is 0 Å². The molecule has 28 heavy (non-hydrogen) atoms. The SMILES string of the molecule is N#Cc1ccc(CC23CCCN2C(=O)N(Cc2cc(Cl)cc(Cl)c2)C3=O)cc1. The lowest BCUT2D eigenvalue weighted by atomic mass is 9.88. The number of hydrogen-bond donors (Lipinski definition) is 0. The first-order valence-electron chi connectivity index (χ1n) is 9.00. The highest BCUT2D eigenvalue weighted by Gasteiger charge is 2.59. The minimum Gasteiger partial charge on any atom is -0.309 e. The minimum absolute atomic E-state index is 0.142. The molecule has 0 N–H and O–H groups in total. The van der Waals surface area contributed by atoms with Gasteiger partial charge in [0.2, 0.25) is 0 Å². The third kappa shape index (κ3) is 3.13. The van der Waals surface area contributed by atoms with Gasteiger partial charge >= 0.3 is 6.03 Å². The molecule has 0 saturated carbocycles. The summed E-state index contributed by atoms with van der Waals surface area (Å²) in [5.74, 6) is -0.185. The number of benzene rings is 2. The Morgan fingerprint density at radius 3 is 2.36 bits per heavy atom. The van der Waals surface area contributed by atoms with Gasteiger partial charge in [-0.05, 0) is 54.3 Å². The predicted molar refractivity (Wildman–Crippen MR) is 106 cm³/mol. The zero-order chi connectivity index (χ0) is 19.9. The average Bonchev–Trinajstić information content (AvgIpc) is 3.16. The fraction of sp³-hybridized carbons (Fsp3) is 0.286. The summed E-state index contributed by atoms with van der Waals surface area (Å²) < 4.78 is 0. The molecule has 7 heteroatoms. The van der Waals surface area contributed by atoms with Gasteiger partial charge in [0.15, 0.2) is 0 Å². The van der Waals surface area contributed by atoms with E-state index in [0.29, 0.717) is 40.6 Å². The van der Waals surface area contributed by atoms with E-state index in [1.165, 1.54) is 4.90 Å². The molecule has 0 aromatic heterocycles. The van der Waals surface area contributed by atoms with E-state index in [0.717, 1.165) is 12.0 Å². The van der Waals surface area contributed by atoms with Crippen molar-refractivity contribution in [2.45, 2.75) is 31.3 Å². The fourth-order valence-electron chi connectivity index (χ4n) is 4.18. The molecule has 2 aromatic carbocycles. The average molecular weight is 414 g/mol. The van der Waals surface area contributed by atoms with Crippen LogP contribution in [0.2, 0.25) is 10.0 Å². The van der Waals surface area contributed by atoms with Crippen molar-refractivity contribution in [3.05, 3.63) is 69.2 Å². The molecule has 0 spiro atoms. The van der Waals surface area contributed by atoms with Crippen LogP contribution in [0, 0.1) is 11.3 Å². The van der Waals surface area contributed by atoms with Crippen LogP contribution < -0.4 is 0 Å². The van der Waals surface area contributed by atoms with E-state index in [2.05, 4.69) is 6.07 Å². The van der Waals surface area contributed by atoms with Gasteiger partial charge in [0.1, 0.15) is 5.54 Å². The van der Waals surface area contributed by atoms with Gasteiger partial charge < -0.3 is 4.90 Å². The zero-order valence-electron chi connectivity index (χ0n) is 15.0. The largest absolute Gasteiger partial charge is 0.327 e. The number of imide groups is 1. The molecule has 0 bridgehead atoms. The standard InChI is InChI=1S/C21H17Cl2N3O2/c22-17-8-16(9-18(23)10-17)13-25-19(27)21(6-1-7-26(21)20(25)28)11-14-2-4-15(12-24)5-3-14/h2-5,8-10H,1,6-7,11,13H2. The lowest BCUT2D eigenvalue weighted by molar-refractivity contribution is -0.133. The van der Waals surface area contributed by atoms with E-state index in [1.807, 2.05) is 12.1 Å². The van der Waals surface area contributed by atoms with E-state index in [4.69, 9.17) is 28.5 Å². The molecule has 3 amide bonds. The van der Waals surface area contributed by atoms with Crippen LogP contribution >= 0.6 is 23.2 Å². The molecule has 2 heterocycles. The molecule has 2 aromatic rings. The van der Waals surface area contributed by atoms with Crippen molar-refractivity contribution >= 4 is 35.1 Å². The van der Waals surface area contributed by atoms with Crippen LogP contribution in [0.5, 0.6) is 0 Å². The highest BCUT2D eigenvalue weighted by molar-refractivity contribution is 6.34.